The Labute approximate surface area is 182 Å². The van der Waals surface area contributed by atoms with Gasteiger partial charge in [0, 0.05) is 34.4 Å². The topological polar surface area (TPSA) is 66.9 Å². The number of rotatable bonds is 6. The third-order valence-electron chi connectivity index (χ3n) is 4.52. The average Bonchev–Trinajstić information content (AvgIpc) is 3.13. The van der Waals surface area contributed by atoms with Gasteiger partial charge in [-0.1, -0.05) is 58.5 Å². The van der Waals surface area contributed by atoms with E-state index in [0.29, 0.717) is 13.1 Å². The van der Waals surface area contributed by atoms with Gasteiger partial charge in [-0.3, -0.25) is 9.97 Å². The minimum absolute atomic E-state index is 0. The molecule has 3 aromatic rings. The van der Waals surface area contributed by atoms with Crippen LogP contribution in [0.5, 0.6) is 0 Å². The van der Waals surface area contributed by atoms with Gasteiger partial charge < -0.3 is 15.5 Å². The van der Waals surface area contributed by atoms with Crippen molar-refractivity contribution in [1.82, 2.24) is 20.2 Å². The maximum Gasteiger partial charge on any atom is 2.00 e. The van der Waals surface area contributed by atoms with Crippen LogP contribution in [0.1, 0.15) is 51.7 Å². The average molecular weight is 557 g/mol. The molecule has 6 heteroatoms. The van der Waals surface area contributed by atoms with Crippen LogP contribution in [0.25, 0.3) is 16.7 Å². The van der Waals surface area contributed by atoms with Crippen molar-refractivity contribution in [2.24, 2.45) is 0 Å². The Kier molecular flexibility index (Phi) is 7.30. The van der Waals surface area contributed by atoms with Gasteiger partial charge >= 0.3 is 21.1 Å². The van der Waals surface area contributed by atoms with E-state index in [2.05, 4.69) is 55.9 Å². The second-order valence-electron chi connectivity index (χ2n) is 8.52. The predicted octanol–water partition coefficient (Wildman–Crippen LogP) is 4.64. The fourth-order valence-corrected chi connectivity index (χ4v) is 2.76. The molecule has 0 aliphatic rings. The van der Waals surface area contributed by atoms with Crippen LogP contribution in [0, 0.1) is 0 Å². The Hall–Kier alpha value is -1.84. The zero-order chi connectivity index (χ0) is 19.5. The molecule has 0 N–H and O–H groups in total. The van der Waals surface area contributed by atoms with E-state index in [1.165, 1.54) is 0 Å². The van der Waals surface area contributed by atoms with Gasteiger partial charge in [-0.15, -0.1) is 13.1 Å². The SMILES string of the molecule is CC(C)(C)c1cc(-c2cccc(C(C)(C)C[N-]Cc3ccccn3)n2)[n-]n1.[Pt+2]. The summed E-state index contributed by atoms with van der Waals surface area (Å²) in [5.74, 6) is 0. The molecule has 0 unspecified atom stereocenters. The molecule has 0 radical (unpaired) electrons. The molecule has 5 nitrogen and oxygen atoms in total. The molecule has 0 aliphatic carbocycles. The van der Waals surface area contributed by atoms with Crippen molar-refractivity contribution < 1.29 is 21.1 Å². The van der Waals surface area contributed by atoms with Gasteiger partial charge in [-0.05, 0) is 29.7 Å². The first-order chi connectivity index (χ1) is 12.8. The molecule has 3 heterocycles. The number of hydrogen-bond donors (Lipinski definition) is 0. The second-order valence-corrected chi connectivity index (χ2v) is 8.52. The van der Waals surface area contributed by atoms with E-state index >= 15 is 0 Å². The van der Waals surface area contributed by atoms with E-state index in [9.17, 15) is 0 Å². The van der Waals surface area contributed by atoms with Crippen molar-refractivity contribution in [3.05, 3.63) is 71.1 Å². The van der Waals surface area contributed by atoms with Gasteiger partial charge in [0.05, 0.1) is 0 Å². The molecule has 3 aromatic heterocycles. The van der Waals surface area contributed by atoms with Gasteiger partial charge in [-0.25, -0.2) is 0 Å². The quantitative estimate of drug-likeness (QED) is 0.444. The zero-order valence-corrected chi connectivity index (χ0v) is 19.4. The molecular weight excluding hydrogens is 529 g/mol. The van der Waals surface area contributed by atoms with Crippen LogP contribution in [0.3, 0.4) is 0 Å². The van der Waals surface area contributed by atoms with E-state index in [0.717, 1.165) is 28.5 Å². The summed E-state index contributed by atoms with van der Waals surface area (Å²) < 4.78 is 0. The second kappa shape index (κ2) is 9.10. The van der Waals surface area contributed by atoms with Crippen LogP contribution in [-0.2, 0) is 38.4 Å². The van der Waals surface area contributed by atoms with Crippen LogP contribution in [-0.4, -0.2) is 21.6 Å². The summed E-state index contributed by atoms with van der Waals surface area (Å²) in [4.78, 5) is 9.18. The smallest absolute Gasteiger partial charge is 0.656 e. The van der Waals surface area contributed by atoms with E-state index < -0.39 is 0 Å². The monoisotopic (exact) mass is 556 g/mol. The molecule has 0 fully saturated rings. The van der Waals surface area contributed by atoms with Crippen molar-refractivity contribution in [3.8, 4) is 11.4 Å². The molecule has 0 bridgehead atoms. The first kappa shape index (κ1) is 22.4. The molecule has 3 rings (SSSR count). The first-order valence-corrected chi connectivity index (χ1v) is 9.28. The Bertz CT molecular complexity index is 881. The standard InChI is InChI=1S/C22H27N5.Pt/c1-21(2,3)20-13-18(26-27-20)17-10-8-11-19(25-17)22(4,5)15-23-14-16-9-6-7-12-24-16;/h6-13H,14-15H2,1-5H3;/q-2;+2. The summed E-state index contributed by atoms with van der Waals surface area (Å²) >= 11 is 0. The van der Waals surface area contributed by atoms with Crippen LogP contribution in [0.15, 0.2) is 48.7 Å². The Balaban J connectivity index is 0.00000280. The van der Waals surface area contributed by atoms with Crippen molar-refractivity contribution in [2.45, 2.75) is 52.0 Å². The van der Waals surface area contributed by atoms with Crippen molar-refractivity contribution in [3.63, 3.8) is 0 Å². The molecule has 0 atom stereocenters. The van der Waals surface area contributed by atoms with Crippen LogP contribution >= 0.6 is 0 Å². The molecule has 0 saturated carbocycles. The molecule has 0 saturated heterocycles. The van der Waals surface area contributed by atoms with E-state index in [1.807, 2.05) is 36.4 Å². The zero-order valence-electron chi connectivity index (χ0n) is 17.1. The Morgan fingerprint density at radius 1 is 0.964 bits per heavy atom. The number of aromatic nitrogens is 4. The third-order valence-corrected chi connectivity index (χ3v) is 4.52. The fraction of sp³-hybridized carbons (Fsp3) is 0.409. The summed E-state index contributed by atoms with van der Waals surface area (Å²) in [7, 11) is 0. The number of pyridine rings is 2. The summed E-state index contributed by atoms with van der Waals surface area (Å²) in [5.41, 5.74) is 4.46. The first-order valence-electron chi connectivity index (χ1n) is 9.28. The van der Waals surface area contributed by atoms with E-state index in [4.69, 9.17) is 10.3 Å². The molecular formula is C22H27N5Pt. The molecule has 28 heavy (non-hydrogen) atoms. The van der Waals surface area contributed by atoms with Crippen LogP contribution in [0.2, 0.25) is 0 Å². The maximum absolute atomic E-state index is 4.86. The van der Waals surface area contributed by atoms with E-state index in [1.54, 1.807) is 6.20 Å². The summed E-state index contributed by atoms with van der Waals surface area (Å²) in [6.07, 6.45) is 1.80. The Morgan fingerprint density at radius 3 is 2.39 bits per heavy atom. The minimum Gasteiger partial charge on any atom is -0.656 e. The predicted molar refractivity (Wildman–Crippen MR) is 109 cm³/mol. The Morgan fingerprint density at radius 2 is 1.75 bits per heavy atom. The molecule has 0 aliphatic heterocycles. The van der Waals surface area contributed by atoms with Crippen molar-refractivity contribution in [2.75, 3.05) is 6.54 Å². The summed E-state index contributed by atoms with van der Waals surface area (Å²) in [6.45, 7) is 12.0. The molecule has 150 valence electrons. The number of nitrogens with zero attached hydrogens (tertiary/aromatic N) is 5. The van der Waals surface area contributed by atoms with E-state index in [-0.39, 0.29) is 31.9 Å². The van der Waals surface area contributed by atoms with Crippen LogP contribution < -0.4 is 5.10 Å². The van der Waals surface area contributed by atoms with Gasteiger partial charge in [0.2, 0.25) is 0 Å². The summed E-state index contributed by atoms with van der Waals surface area (Å²) in [6, 6.07) is 14.0. The third kappa shape index (κ3) is 5.59. The van der Waals surface area contributed by atoms with Crippen LogP contribution in [0.4, 0.5) is 0 Å². The normalized spacial score (nSPS) is 11.9. The molecule has 0 spiro atoms. The van der Waals surface area contributed by atoms with Gasteiger partial charge in [0.15, 0.2) is 0 Å². The molecule has 0 amide bonds. The largest absolute Gasteiger partial charge is 2.00 e. The van der Waals surface area contributed by atoms with Gasteiger partial charge in [-0.2, -0.15) is 0 Å². The minimum atomic E-state index is -0.169. The van der Waals surface area contributed by atoms with Crippen molar-refractivity contribution >= 4 is 0 Å². The van der Waals surface area contributed by atoms with Crippen molar-refractivity contribution in [1.29, 1.82) is 0 Å². The number of hydrogen-bond acceptors (Lipinski definition) is 3. The van der Waals surface area contributed by atoms with Gasteiger partial charge in [0.25, 0.3) is 0 Å². The van der Waals surface area contributed by atoms with Gasteiger partial charge in [0.1, 0.15) is 0 Å². The maximum atomic E-state index is 4.86. The molecule has 0 aromatic carbocycles. The fourth-order valence-electron chi connectivity index (χ4n) is 2.76. The summed E-state index contributed by atoms with van der Waals surface area (Å²) in [5, 5.41) is 13.4.